The molecule has 7 aromatic rings. The number of carboxylic acids is 1. The minimum absolute atomic E-state index is 0.0280. The van der Waals surface area contributed by atoms with Crippen molar-refractivity contribution in [2.24, 2.45) is 23.7 Å². The first-order valence-corrected chi connectivity index (χ1v) is 46.1. The van der Waals surface area contributed by atoms with Crippen LogP contribution in [-0.4, -0.2) is 232 Å². The molecule has 8 aliphatic heterocycles. The molecule has 0 spiro atoms. The lowest BCUT2D eigenvalue weighted by molar-refractivity contribution is -0.126. The van der Waals surface area contributed by atoms with Crippen molar-refractivity contribution in [1.29, 1.82) is 0 Å². The largest absolute Gasteiger partial charge is 0.478 e. The van der Waals surface area contributed by atoms with Crippen LogP contribution in [0.25, 0.3) is 16.6 Å². The van der Waals surface area contributed by atoms with E-state index in [0.717, 1.165) is 177 Å². The van der Waals surface area contributed by atoms with Crippen molar-refractivity contribution in [1.82, 2.24) is 74.1 Å². The van der Waals surface area contributed by atoms with Gasteiger partial charge in [-0.15, -0.1) is 0 Å². The summed E-state index contributed by atoms with van der Waals surface area (Å²) in [6.07, 6.45) is 16.0. The molecule has 7 aromatic heterocycles. The number of fused-ring (bicyclic) bond motifs is 3. The number of morpholine rings is 3. The van der Waals surface area contributed by atoms with E-state index in [2.05, 4.69) is 135 Å². The summed E-state index contributed by atoms with van der Waals surface area (Å²) in [6, 6.07) is 14.6. The molecule has 7 unspecified atom stereocenters. The number of allylic oxidation sites excluding steroid dienone is 4. The second kappa shape index (κ2) is 42.4. The normalized spacial score (nSPS) is 21.2. The summed E-state index contributed by atoms with van der Waals surface area (Å²) < 4.78 is 34.6. The van der Waals surface area contributed by atoms with E-state index in [1.54, 1.807) is 15.9 Å². The van der Waals surface area contributed by atoms with Crippen LogP contribution in [0.4, 0.5) is 9.59 Å². The molecule has 0 aromatic carbocycles. The summed E-state index contributed by atoms with van der Waals surface area (Å²) in [6.45, 7) is 50.5. The van der Waals surface area contributed by atoms with Crippen molar-refractivity contribution >= 4 is 70.1 Å². The van der Waals surface area contributed by atoms with Crippen LogP contribution in [0.2, 0.25) is 0 Å². The van der Waals surface area contributed by atoms with Gasteiger partial charge in [-0.3, -0.25) is 38.7 Å². The highest BCUT2D eigenvalue weighted by Gasteiger charge is 2.37. The number of likely N-dealkylation sites (tertiary alicyclic amines) is 2. The number of aromatic carboxylic acids is 1. The number of hydrogen-bond donors (Lipinski definition) is 8. The second-order valence-corrected chi connectivity index (χ2v) is 38.2. The number of aryl methyl sites for hydroxylation is 2. The molecule has 15 heterocycles. The molecule has 7 atom stereocenters. The number of carbonyl (C=O) groups is 7. The Morgan fingerprint density at radius 3 is 1.16 bits per heavy atom. The number of hydrogen-bond acceptors (Lipinski definition) is 18. The number of pyridine rings is 4. The van der Waals surface area contributed by atoms with Gasteiger partial charge in [-0.05, 0) is 285 Å². The number of nitrogens with zero attached hydrogens (tertiary/aromatic N) is 8. The fraction of sp³-hybridized carbons (Fsp3) is 0.588. The molecule has 0 radical (unpaired) electrons. The molecule has 30 heteroatoms. The number of carbonyl (C=O) groups excluding carboxylic acids is 6. The third-order valence-electron chi connectivity index (χ3n) is 26.7. The third-order valence-corrected chi connectivity index (χ3v) is 26.8. The van der Waals surface area contributed by atoms with Crippen molar-refractivity contribution < 1.29 is 62.4 Å². The van der Waals surface area contributed by atoms with Gasteiger partial charge in [0.05, 0.1) is 57.0 Å². The number of amides is 6. The Morgan fingerprint density at radius 1 is 0.496 bits per heavy atom. The molecule has 15 rings (SSSR count). The summed E-state index contributed by atoms with van der Waals surface area (Å²) in [5.41, 5.74) is 17.6. The van der Waals surface area contributed by atoms with Gasteiger partial charge in [0.1, 0.15) is 11.2 Å². The Kier molecular flexibility index (Phi) is 32.3. The molecule has 6 saturated heterocycles. The van der Waals surface area contributed by atoms with E-state index in [1.807, 2.05) is 121 Å². The molecule has 127 heavy (non-hydrogen) atoms. The Bertz CT molecular complexity index is 5220. The van der Waals surface area contributed by atoms with E-state index >= 15 is 0 Å². The molecule has 8 aliphatic rings. The van der Waals surface area contributed by atoms with Crippen LogP contribution in [0.3, 0.4) is 0 Å². The number of aromatic amines is 1. The fourth-order valence-electron chi connectivity index (χ4n) is 19.6. The number of carboxylic acid groups (broad SMARTS) is 1. The number of rotatable bonds is 18. The van der Waals surface area contributed by atoms with Crippen molar-refractivity contribution in [3.63, 3.8) is 0 Å². The monoisotopic (exact) mass is 1770 g/mol. The number of nitrogens with one attached hydrogen (secondary N) is 7. The molecular formula is C97H138ClN15O14. The summed E-state index contributed by atoms with van der Waals surface area (Å²) >= 11 is 5.32. The van der Waals surface area contributed by atoms with E-state index in [4.69, 9.17) is 35.5 Å². The topological polar surface area (TPSA) is 320 Å². The Morgan fingerprint density at radius 2 is 0.835 bits per heavy atom. The Labute approximate surface area is 753 Å². The number of piperidine rings is 3. The highest BCUT2D eigenvalue weighted by molar-refractivity contribution is 6.13. The maximum absolute atomic E-state index is 13.7. The predicted molar refractivity (Wildman–Crippen MR) is 493 cm³/mol. The molecule has 29 nitrogen and oxygen atoms in total. The SMILES string of the molecule is CC1=CC(C)C(CNC(=O)c2cc3cc(C4CCN(C(=O)OC(C)(C)C)CC4)cn3c(C(C)N3CCOCC3)c2C)C(=O)N1.CC1=CC(C)C(CNC(=O)c2cc3cc(C4CCNCC4)cn3c(C(C)N3CCOCC3)c2C)C(=O)N1.Cc1c(C(=O)O)cc2cc(C3CCN(C(=O)OC(C)(C)C)CC3)cn2c1C(C)N1CCOCC1.Cc1cc(C)c(CNCl)c(=O)[nH]1. The van der Waals surface area contributed by atoms with Crippen LogP contribution < -0.4 is 37.0 Å². The fourth-order valence-corrected chi connectivity index (χ4v) is 19.7. The first kappa shape index (κ1) is 96.6. The molecule has 8 N–H and O–H groups in total. The minimum Gasteiger partial charge on any atom is -0.478 e. The Hall–Kier alpha value is -9.43. The van der Waals surface area contributed by atoms with Crippen LogP contribution in [0, 0.1) is 58.3 Å². The van der Waals surface area contributed by atoms with Crippen LogP contribution in [0.15, 0.2) is 89.4 Å². The average Bonchev–Trinajstić information content (AvgIpc) is 1.61. The van der Waals surface area contributed by atoms with Crippen molar-refractivity contribution in [2.75, 3.05) is 131 Å². The first-order chi connectivity index (χ1) is 60.3. The van der Waals surface area contributed by atoms with Gasteiger partial charge >= 0.3 is 18.2 Å². The van der Waals surface area contributed by atoms with E-state index in [-0.39, 0.29) is 89.7 Å². The molecule has 6 fully saturated rings. The van der Waals surface area contributed by atoms with Gasteiger partial charge in [-0.1, -0.05) is 26.0 Å². The van der Waals surface area contributed by atoms with Gasteiger partial charge in [0.15, 0.2) is 0 Å². The number of aromatic nitrogens is 4. The zero-order chi connectivity index (χ0) is 91.6. The molecule has 6 amide bonds. The zero-order valence-corrected chi connectivity index (χ0v) is 78.8. The lowest BCUT2D eigenvalue weighted by atomic mass is 9.89. The van der Waals surface area contributed by atoms with Gasteiger partial charge in [0, 0.05) is 189 Å². The molecular weight excluding hydrogens is 1630 g/mol. The minimum atomic E-state index is -0.899. The lowest BCUT2D eigenvalue weighted by Gasteiger charge is -2.34. The summed E-state index contributed by atoms with van der Waals surface area (Å²) in [5.74, 6) is -0.580. The lowest BCUT2D eigenvalue weighted by Crippen LogP contribution is -2.44. The van der Waals surface area contributed by atoms with Crippen LogP contribution >= 0.6 is 11.8 Å². The summed E-state index contributed by atoms with van der Waals surface area (Å²) in [7, 11) is 0. The molecule has 0 saturated carbocycles. The van der Waals surface area contributed by atoms with E-state index in [9.17, 15) is 43.5 Å². The highest BCUT2D eigenvalue weighted by atomic mass is 35.5. The van der Waals surface area contributed by atoms with E-state index in [1.165, 1.54) is 16.7 Å². The third kappa shape index (κ3) is 23.8. The number of ether oxygens (including phenoxy) is 5. The van der Waals surface area contributed by atoms with Gasteiger partial charge in [0.2, 0.25) is 11.8 Å². The van der Waals surface area contributed by atoms with Crippen LogP contribution in [0.1, 0.15) is 263 Å². The van der Waals surface area contributed by atoms with Crippen molar-refractivity contribution in [3.05, 3.63) is 179 Å². The van der Waals surface area contributed by atoms with Gasteiger partial charge in [0.25, 0.3) is 17.4 Å². The summed E-state index contributed by atoms with van der Waals surface area (Å²) in [5, 5.41) is 25.3. The van der Waals surface area contributed by atoms with Gasteiger partial charge < -0.3 is 83.4 Å². The van der Waals surface area contributed by atoms with Gasteiger partial charge in [-0.2, -0.15) is 0 Å². The maximum Gasteiger partial charge on any atom is 0.410 e. The molecule has 692 valence electrons. The Balaban J connectivity index is 0.000000163. The quantitative estimate of drug-likeness (QED) is 0.0370. The number of H-pyrrole nitrogens is 1. The predicted octanol–water partition coefficient (Wildman–Crippen LogP) is 13.6. The first-order valence-electron chi connectivity index (χ1n) is 45.7. The van der Waals surface area contributed by atoms with Crippen LogP contribution in [-0.2, 0) is 39.8 Å². The number of halogens is 1. The van der Waals surface area contributed by atoms with E-state index in [0.29, 0.717) is 106 Å². The van der Waals surface area contributed by atoms with Crippen molar-refractivity contribution in [3.8, 4) is 0 Å². The average molecular weight is 1770 g/mol. The van der Waals surface area contributed by atoms with Gasteiger partial charge in [-0.25, -0.2) is 19.2 Å². The summed E-state index contributed by atoms with van der Waals surface area (Å²) in [4.78, 5) is 117. The standard InChI is InChI=1S/C34H49N5O5.C29H41N5O3.C26H37N3O5.C8H11ClN2O/c1-21-16-22(2)36-32(41)29(21)19-35-31(40)28-18-27-17-26(25-8-10-38(11-9-25)33(42)44-34(5,6)7)20-39(27)30(23(28)3)24(4)37-12-14-43-15-13-37;1-18-13-19(2)32-29(36)26(18)16-31-28(35)25-15-24-14-23(22-5-7-30-8-6-22)17-34(24)27(20(25)3)21(4)33-9-11-37-12-10-33;1-17-22(24(30)31)15-21-14-20(16-29(21)23(17)18(2)27-10-12-33-13-11-27)19-6-8-28(9-7-19)25(32)34-26(3,4)5;1-5-3-6(2)11-8(12)7(5)4-10-9/h16-18,20-21,24-25,29H,8-15,19H2,1-7H3,(H,35,40)(H,36,41);13-15,17-18,21-22,26,30H,5-12,16H2,1-4H3,(H,31,35)(H,32,36);14-16,18-19H,6-13H2,1-5H3,(H,30,31);3,10H,4H2,1-2H3,(H,11,12). The van der Waals surface area contributed by atoms with Crippen LogP contribution in [0.5, 0.6) is 0 Å². The molecule has 0 bridgehead atoms. The molecule has 0 aliphatic carbocycles. The maximum atomic E-state index is 13.7. The second-order valence-electron chi connectivity index (χ2n) is 38.0. The zero-order valence-electron chi connectivity index (χ0n) is 78.0. The van der Waals surface area contributed by atoms with Crippen molar-refractivity contribution in [2.45, 2.75) is 217 Å². The smallest absolute Gasteiger partial charge is 0.410 e. The van der Waals surface area contributed by atoms with E-state index < -0.39 is 17.2 Å². The highest BCUT2D eigenvalue weighted by Crippen LogP contribution is 2.40.